The van der Waals surface area contributed by atoms with Crippen molar-refractivity contribution < 1.29 is 0 Å². The highest BCUT2D eigenvalue weighted by Gasteiger charge is 1.82. The summed E-state index contributed by atoms with van der Waals surface area (Å²) in [5.74, 6) is 0. The Bertz CT molecular complexity index is 46.1. The average Bonchev–Trinajstić information content (AvgIpc) is 1.35. The van der Waals surface area contributed by atoms with Gasteiger partial charge < -0.3 is 5.32 Å². The summed E-state index contributed by atoms with van der Waals surface area (Å²) in [6, 6.07) is 0. The highest BCUT2D eigenvalue weighted by atomic mass is 35.5. The van der Waals surface area contributed by atoms with Gasteiger partial charge >= 0.3 is 0 Å². The maximum absolute atomic E-state index is 5.37. The van der Waals surface area contributed by atoms with Crippen LogP contribution in [0.3, 0.4) is 0 Å². The molecule has 1 atom stereocenters. The fraction of sp³-hybridized carbons (Fsp3) is 0.667. The highest BCUT2D eigenvalue weighted by Crippen LogP contribution is 1.81. The zero-order valence-corrected chi connectivity index (χ0v) is 5.01. The van der Waals surface area contributed by atoms with Crippen LogP contribution >= 0.6 is 23.8 Å². The van der Waals surface area contributed by atoms with Crippen molar-refractivity contribution in [2.24, 2.45) is 0 Å². The number of alkyl halides is 1. The SMILES string of the molecule is CC(Cl)NC=S. The van der Waals surface area contributed by atoms with E-state index in [1.807, 2.05) is 6.92 Å². The topological polar surface area (TPSA) is 12.0 Å². The van der Waals surface area contributed by atoms with Crippen molar-refractivity contribution in [1.29, 1.82) is 0 Å². The molecule has 0 aliphatic heterocycles. The molecule has 36 valence electrons. The lowest BCUT2D eigenvalue weighted by molar-refractivity contribution is 0.913. The summed E-state index contributed by atoms with van der Waals surface area (Å²) in [6.45, 7) is 1.81. The Balaban J connectivity index is 2.81. The van der Waals surface area contributed by atoms with Crippen LogP contribution in [0.4, 0.5) is 0 Å². The van der Waals surface area contributed by atoms with Crippen molar-refractivity contribution >= 4 is 29.3 Å². The number of halogens is 1. The van der Waals surface area contributed by atoms with Crippen LogP contribution in [0.15, 0.2) is 0 Å². The van der Waals surface area contributed by atoms with Crippen molar-refractivity contribution in [3.8, 4) is 0 Å². The predicted octanol–water partition coefficient (Wildman–Crippen LogP) is 1.12. The monoisotopic (exact) mass is 123 g/mol. The van der Waals surface area contributed by atoms with Crippen LogP contribution in [0, 0.1) is 0 Å². The second kappa shape index (κ2) is 3.37. The van der Waals surface area contributed by atoms with Crippen LogP contribution in [0.5, 0.6) is 0 Å². The van der Waals surface area contributed by atoms with Gasteiger partial charge in [-0.2, -0.15) is 0 Å². The average molecular weight is 124 g/mol. The molecule has 0 spiro atoms. The minimum atomic E-state index is -0.0394. The zero-order chi connectivity index (χ0) is 4.99. The van der Waals surface area contributed by atoms with E-state index in [1.54, 1.807) is 0 Å². The van der Waals surface area contributed by atoms with Gasteiger partial charge in [0.25, 0.3) is 0 Å². The van der Waals surface area contributed by atoms with Gasteiger partial charge in [0, 0.05) is 0 Å². The van der Waals surface area contributed by atoms with Crippen molar-refractivity contribution in [1.82, 2.24) is 5.32 Å². The smallest absolute Gasteiger partial charge is 0.0985 e. The number of hydrogen-bond donors (Lipinski definition) is 1. The Kier molecular flexibility index (Phi) is 3.47. The van der Waals surface area contributed by atoms with Crippen LogP contribution in [-0.4, -0.2) is 11.0 Å². The Labute approximate surface area is 47.7 Å². The maximum Gasteiger partial charge on any atom is 0.0985 e. The molecule has 0 saturated heterocycles. The molecule has 0 heterocycles. The van der Waals surface area contributed by atoms with E-state index in [0.717, 1.165) is 0 Å². The third-order valence-corrected chi connectivity index (χ3v) is 0.560. The lowest BCUT2D eigenvalue weighted by Crippen LogP contribution is -2.16. The molecular weight excluding hydrogens is 118 g/mol. The van der Waals surface area contributed by atoms with Gasteiger partial charge in [-0.15, -0.1) is 0 Å². The van der Waals surface area contributed by atoms with E-state index < -0.39 is 0 Å². The molecule has 0 aliphatic rings. The summed E-state index contributed by atoms with van der Waals surface area (Å²) in [6.07, 6.45) is 0. The van der Waals surface area contributed by atoms with Gasteiger partial charge in [0.2, 0.25) is 0 Å². The van der Waals surface area contributed by atoms with Crippen molar-refractivity contribution in [3.05, 3.63) is 0 Å². The van der Waals surface area contributed by atoms with E-state index in [4.69, 9.17) is 11.6 Å². The molecule has 0 bridgehead atoms. The van der Waals surface area contributed by atoms with Gasteiger partial charge in [-0.05, 0) is 6.92 Å². The first-order valence-corrected chi connectivity index (χ1v) is 2.52. The largest absolute Gasteiger partial charge is 0.367 e. The highest BCUT2D eigenvalue weighted by molar-refractivity contribution is 7.78. The first-order chi connectivity index (χ1) is 2.77. The molecule has 1 N–H and O–H groups in total. The normalized spacial score (nSPS) is 13.0. The molecule has 1 nitrogen and oxygen atoms in total. The molecule has 0 fully saturated rings. The van der Waals surface area contributed by atoms with Gasteiger partial charge in [-0.25, -0.2) is 0 Å². The van der Waals surface area contributed by atoms with Gasteiger partial charge in [0.1, 0.15) is 0 Å². The number of nitrogens with one attached hydrogen (secondary N) is 1. The molecular formula is C3H6ClNS. The molecule has 1 unspecified atom stereocenters. The third kappa shape index (κ3) is 4.18. The van der Waals surface area contributed by atoms with Crippen LogP contribution in [-0.2, 0) is 0 Å². The van der Waals surface area contributed by atoms with Crippen LogP contribution in [0.2, 0.25) is 0 Å². The van der Waals surface area contributed by atoms with E-state index in [2.05, 4.69) is 17.5 Å². The van der Waals surface area contributed by atoms with Crippen LogP contribution < -0.4 is 5.32 Å². The predicted molar refractivity (Wildman–Crippen MR) is 32.1 cm³/mol. The molecule has 0 aliphatic carbocycles. The summed E-state index contributed by atoms with van der Waals surface area (Å²) >= 11 is 9.78. The zero-order valence-electron chi connectivity index (χ0n) is 3.44. The fourth-order valence-electron chi connectivity index (χ4n) is 0.0938. The molecule has 3 heteroatoms. The van der Waals surface area contributed by atoms with E-state index in [1.165, 1.54) is 5.49 Å². The third-order valence-electron chi connectivity index (χ3n) is 0.298. The number of hydrogen-bond acceptors (Lipinski definition) is 1. The molecule has 0 radical (unpaired) electrons. The maximum atomic E-state index is 5.37. The van der Waals surface area contributed by atoms with Crippen molar-refractivity contribution in [2.45, 2.75) is 12.4 Å². The minimum Gasteiger partial charge on any atom is -0.367 e. The summed E-state index contributed by atoms with van der Waals surface area (Å²) in [7, 11) is 0. The summed E-state index contributed by atoms with van der Waals surface area (Å²) in [5, 5.41) is 2.66. The summed E-state index contributed by atoms with van der Waals surface area (Å²) in [4.78, 5) is 0. The summed E-state index contributed by atoms with van der Waals surface area (Å²) < 4.78 is 0. The standard InChI is InChI=1S/C3H6ClNS/c1-3(4)5-2-6/h2-3H,1H3,(H,5,6). The second-order valence-electron chi connectivity index (χ2n) is 0.901. The molecule has 0 saturated carbocycles. The Hall–Kier alpha value is 0.180. The van der Waals surface area contributed by atoms with Gasteiger partial charge in [0.15, 0.2) is 0 Å². The van der Waals surface area contributed by atoms with Crippen LogP contribution in [0.25, 0.3) is 0 Å². The Morgan fingerprint density at radius 3 is 2.50 bits per heavy atom. The van der Waals surface area contributed by atoms with Crippen molar-refractivity contribution in [3.63, 3.8) is 0 Å². The van der Waals surface area contributed by atoms with Crippen molar-refractivity contribution in [2.75, 3.05) is 0 Å². The molecule has 0 aromatic carbocycles. The van der Waals surface area contributed by atoms with E-state index in [-0.39, 0.29) is 5.50 Å². The molecule has 6 heavy (non-hydrogen) atoms. The first-order valence-electron chi connectivity index (χ1n) is 1.61. The van der Waals surface area contributed by atoms with E-state index >= 15 is 0 Å². The fourth-order valence-corrected chi connectivity index (χ4v) is 0.436. The first kappa shape index (κ1) is 6.18. The molecule has 0 rings (SSSR count). The lowest BCUT2D eigenvalue weighted by atomic mass is 10.8. The minimum absolute atomic E-state index is 0.0394. The molecule has 0 amide bonds. The van der Waals surface area contributed by atoms with Crippen LogP contribution in [0.1, 0.15) is 6.92 Å². The number of thiocarbonyl (C=S) groups is 1. The Morgan fingerprint density at radius 2 is 2.50 bits per heavy atom. The van der Waals surface area contributed by atoms with E-state index in [0.29, 0.717) is 0 Å². The molecule has 0 aromatic heterocycles. The van der Waals surface area contributed by atoms with Gasteiger partial charge in [0.05, 0.1) is 11.0 Å². The Morgan fingerprint density at radius 1 is 2.00 bits per heavy atom. The summed E-state index contributed by atoms with van der Waals surface area (Å²) in [5.41, 5.74) is 1.36. The number of rotatable bonds is 2. The molecule has 0 aromatic rings. The lowest BCUT2D eigenvalue weighted by Gasteiger charge is -1.95. The van der Waals surface area contributed by atoms with Gasteiger partial charge in [-0.1, -0.05) is 23.8 Å². The quantitative estimate of drug-likeness (QED) is 0.336. The van der Waals surface area contributed by atoms with E-state index in [9.17, 15) is 0 Å². The second-order valence-corrected chi connectivity index (χ2v) is 1.79. The van der Waals surface area contributed by atoms with Gasteiger partial charge in [-0.3, -0.25) is 0 Å².